The second-order valence-electron chi connectivity index (χ2n) is 3.87. The van der Waals surface area contributed by atoms with Crippen LogP contribution in [0.25, 0.3) is 16.9 Å². The van der Waals surface area contributed by atoms with E-state index in [1.165, 1.54) is 6.07 Å². The van der Waals surface area contributed by atoms with Crippen LogP contribution in [0.1, 0.15) is 0 Å². The van der Waals surface area contributed by atoms with Crippen LogP contribution in [0, 0.1) is 11.6 Å². The van der Waals surface area contributed by atoms with Gasteiger partial charge in [0.2, 0.25) is 0 Å². The number of aromatic nitrogens is 2. The molecular weight excluding hydrogens is 302 g/mol. The molecule has 1 aromatic carbocycles. The predicted molar refractivity (Wildman–Crippen MR) is 68.2 cm³/mol. The Labute approximate surface area is 110 Å². The van der Waals surface area contributed by atoms with Crippen molar-refractivity contribution in [2.75, 3.05) is 0 Å². The van der Waals surface area contributed by atoms with Crippen LogP contribution in [0.15, 0.2) is 47.2 Å². The Balaban J connectivity index is 2.16. The van der Waals surface area contributed by atoms with Crippen LogP contribution in [0.3, 0.4) is 0 Å². The molecule has 2 nitrogen and oxygen atoms in total. The monoisotopic (exact) mass is 308 g/mol. The van der Waals surface area contributed by atoms with E-state index in [1.54, 1.807) is 6.20 Å². The van der Waals surface area contributed by atoms with Gasteiger partial charge in [-0.3, -0.25) is 0 Å². The summed E-state index contributed by atoms with van der Waals surface area (Å²) in [5.74, 6) is -1.73. The van der Waals surface area contributed by atoms with E-state index >= 15 is 0 Å². The zero-order valence-electron chi connectivity index (χ0n) is 9.07. The van der Waals surface area contributed by atoms with Gasteiger partial charge in [0.05, 0.1) is 5.69 Å². The van der Waals surface area contributed by atoms with E-state index in [2.05, 4.69) is 20.9 Å². The summed E-state index contributed by atoms with van der Waals surface area (Å²) in [6.45, 7) is 0. The van der Waals surface area contributed by atoms with Gasteiger partial charge in [0.25, 0.3) is 0 Å². The quantitative estimate of drug-likeness (QED) is 0.663. The molecule has 0 spiro atoms. The van der Waals surface area contributed by atoms with Crippen LogP contribution in [0.4, 0.5) is 8.78 Å². The summed E-state index contributed by atoms with van der Waals surface area (Å²) in [7, 11) is 0. The summed E-state index contributed by atoms with van der Waals surface area (Å²) in [5.41, 5.74) is 1.90. The fourth-order valence-corrected chi connectivity index (χ4v) is 2.11. The summed E-state index contributed by atoms with van der Waals surface area (Å²) in [4.78, 5) is 4.35. The molecular formula is C13H7BrF2N2. The average Bonchev–Trinajstić information content (AvgIpc) is 2.75. The number of halogens is 3. The minimum absolute atomic E-state index is 0.550. The second-order valence-corrected chi connectivity index (χ2v) is 4.78. The van der Waals surface area contributed by atoms with Crippen LogP contribution in [0.5, 0.6) is 0 Å². The normalized spacial score (nSPS) is 11.1. The van der Waals surface area contributed by atoms with Crippen molar-refractivity contribution >= 4 is 21.6 Å². The highest BCUT2D eigenvalue weighted by molar-refractivity contribution is 9.10. The van der Waals surface area contributed by atoms with Crippen molar-refractivity contribution in [1.82, 2.24) is 9.38 Å². The van der Waals surface area contributed by atoms with Crippen molar-refractivity contribution in [3.05, 3.63) is 58.8 Å². The fourth-order valence-electron chi connectivity index (χ4n) is 1.76. The van der Waals surface area contributed by atoms with Gasteiger partial charge in [-0.25, -0.2) is 13.8 Å². The van der Waals surface area contributed by atoms with Crippen LogP contribution in [-0.2, 0) is 0 Å². The lowest BCUT2D eigenvalue weighted by molar-refractivity contribution is 0.509. The summed E-state index contributed by atoms with van der Waals surface area (Å²) in [6, 6.07) is 7.47. The van der Waals surface area contributed by atoms with E-state index in [1.807, 2.05) is 22.7 Å². The van der Waals surface area contributed by atoms with Crippen LogP contribution >= 0.6 is 15.9 Å². The Morgan fingerprint density at radius 2 is 1.83 bits per heavy atom. The lowest BCUT2D eigenvalue weighted by Gasteiger charge is -1.97. The number of nitrogens with zero attached hydrogens (tertiary/aromatic N) is 2. The van der Waals surface area contributed by atoms with Crippen molar-refractivity contribution in [3.8, 4) is 11.3 Å². The number of fused-ring (bicyclic) bond motifs is 1. The molecule has 2 aromatic heterocycles. The molecule has 0 fully saturated rings. The summed E-state index contributed by atoms with van der Waals surface area (Å²) < 4.78 is 28.8. The van der Waals surface area contributed by atoms with E-state index in [4.69, 9.17) is 0 Å². The minimum atomic E-state index is -0.870. The molecule has 90 valence electrons. The van der Waals surface area contributed by atoms with Crippen LogP contribution in [0.2, 0.25) is 0 Å². The molecule has 0 aliphatic heterocycles. The lowest BCUT2D eigenvalue weighted by atomic mass is 10.1. The molecule has 0 aliphatic rings. The van der Waals surface area contributed by atoms with Crippen LogP contribution < -0.4 is 0 Å². The molecule has 2 heterocycles. The number of hydrogen-bond acceptors (Lipinski definition) is 1. The first-order chi connectivity index (χ1) is 8.63. The first-order valence-electron chi connectivity index (χ1n) is 5.23. The third-order valence-electron chi connectivity index (χ3n) is 2.63. The largest absolute Gasteiger partial charge is 0.305 e. The Hall–Kier alpha value is -1.75. The van der Waals surface area contributed by atoms with Crippen molar-refractivity contribution in [2.24, 2.45) is 0 Å². The molecule has 0 N–H and O–H groups in total. The maximum absolute atomic E-state index is 13.2. The number of pyridine rings is 1. The number of hydrogen-bond donors (Lipinski definition) is 0. The highest BCUT2D eigenvalue weighted by atomic mass is 79.9. The van der Waals surface area contributed by atoms with Crippen molar-refractivity contribution < 1.29 is 8.78 Å². The average molecular weight is 309 g/mol. The van der Waals surface area contributed by atoms with E-state index in [0.29, 0.717) is 11.3 Å². The van der Waals surface area contributed by atoms with Gasteiger partial charge in [-0.1, -0.05) is 0 Å². The first kappa shape index (κ1) is 11.3. The van der Waals surface area contributed by atoms with Gasteiger partial charge < -0.3 is 4.40 Å². The molecule has 0 aliphatic carbocycles. The molecule has 5 heteroatoms. The zero-order valence-corrected chi connectivity index (χ0v) is 10.7. The van der Waals surface area contributed by atoms with Gasteiger partial charge >= 0.3 is 0 Å². The van der Waals surface area contributed by atoms with Gasteiger partial charge in [0.1, 0.15) is 5.65 Å². The smallest absolute Gasteiger partial charge is 0.159 e. The van der Waals surface area contributed by atoms with E-state index in [9.17, 15) is 8.78 Å². The highest BCUT2D eigenvalue weighted by Gasteiger charge is 2.08. The van der Waals surface area contributed by atoms with Crippen LogP contribution in [-0.4, -0.2) is 9.38 Å². The second kappa shape index (κ2) is 4.17. The molecule has 0 amide bonds. The molecule has 0 bridgehead atoms. The van der Waals surface area contributed by atoms with Gasteiger partial charge in [0.15, 0.2) is 11.6 Å². The number of imidazole rings is 1. The van der Waals surface area contributed by atoms with Crippen molar-refractivity contribution in [2.45, 2.75) is 0 Å². The summed E-state index contributed by atoms with van der Waals surface area (Å²) in [6.07, 6.45) is 3.62. The topological polar surface area (TPSA) is 17.3 Å². The van der Waals surface area contributed by atoms with Crippen molar-refractivity contribution in [1.29, 1.82) is 0 Å². The predicted octanol–water partition coefficient (Wildman–Crippen LogP) is 4.04. The van der Waals surface area contributed by atoms with Gasteiger partial charge in [-0.15, -0.1) is 0 Å². The minimum Gasteiger partial charge on any atom is -0.305 e. The third kappa shape index (κ3) is 1.90. The van der Waals surface area contributed by atoms with Gasteiger partial charge in [-0.05, 0) is 46.3 Å². The van der Waals surface area contributed by atoms with Gasteiger partial charge in [0, 0.05) is 22.4 Å². The molecule has 0 atom stereocenters. The summed E-state index contributed by atoms with van der Waals surface area (Å²) >= 11 is 3.36. The van der Waals surface area contributed by atoms with Crippen molar-refractivity contribution in [3.63, 3.8) is 0 Å². The van der Waals surface area contributed by atoms with E-state index in [0.717, 1.165) is 22.3 Å². The maximum Gasteiger partial charge on any atom is 0.159 e. The third-order valence-corrected chi connectivity index (χ3v) is 3.10. The Morgan fingerprint density at radius 3 is 2.61 bits per heavy atom. The van der Waals surface area contributed by atoms with E-state index in [-0.39, 0.29) is 0 Å². The standard InChI is InChI=1S/C13H7BrF2N2/c14-9-2-4-13-17-12(7-18(13)6-9)8-1-3-10(15)11(16)5-8/h1-7H. The Bertz CT molecular complexity index is 737. The zero-order chi connectivity index (χ0) is 12.7. The molecule has 0 unspecified atom stereocenters. The summed E-state index contributed by atoms with van der Waals surface area (Å²) in [5, 5.41) is 0. The highest BCUT2D eigenvalue weighted by Crippen LogP contribution is 2.22. The van der Waals surface area contributed by atoms with E-state index < -0.39 is 11.6 Å². The number of rotatable bonds is 1. The molecule has 0 saturated heterocycles. The fraction of sp³-hybridized carbons (Fsp3) is 0. The molecule has 3 rings (SSSR count). The molecule has 0 radical (unpaired) electrons. The maximum atomic E-state index is 13.2. The molecule has 3 aromatic rings. The molecule has 18 heavy (non-hydrogen) atoms. The lowest BCUT2D eigenvalue weighted by Crippen LogP contribution is -1.85. The van der Waals surface area contributed by atoms with Gasteiger partial charge in [-0.2, -0.15) is 0 Å². The number of benzene rings is 1. The Morgan fingerprint density at radius 1 is 1.00 bits per heavy atom. The molecule has 0 saturated carbocycles. The first-order valence-corrected chi connectivity index (χ1v) is 6.02. The Kier molecular flexibility index (Phi) is 2.63. The SMILES string of the molecule is Fc1ccc(-c2cn3cc(Br)ccc3n2)cc1F.